The Morgan fingerprint density at radius 1 is 1.22 bits per heavy atom. The molecule has 0 radical (unpaired) electrons. The third kappa shape index (κ3) is 2.60. The van der Waals surface area contributed by atoms with Crippen molar-refractivity contribution >= 4 is 11.7 Å². The van der Waals surface area contributed by atoms with Gasteiger partial charge in [0.2, 0.25) is 0 Å². The molecular formula is C14H13NO3. The summed E-state index contributed by atoms with van der Waals surface area (Å²) in [5, 5.41) is 8.83. The normalized spacial score (nSPS) is 10.1. The number of ether oxygens (including phenoxy) is 1. The van der Waals surface area contributed by atoms with Crippen molar-refractivity contribution in [2.45, 2.75) is 6.92 Å². The molecule has 0 atom stereocenters. The van der Waals surface area contributed by atoms with Gasteiger partial charge in [-0.2, -0.15) is 0 Å². The maximum Gasteiger partial charge on any atom is 0.335 e. The maximum atomic E-state index is 10.8. The fourth-order valence-corrected chi connectivity index (χ4v) is 1.58. The number of nitrogen functional groups attached to an aromatic ring is 1. The Balaban J connectivity index is 2.27. The minimum Gasteiger partial charge on any atom is -0.478 e. The van der Waals surface area contributed by atoms with E-state index >= 15 is 0 Å². The van der Waals surface area contributed by atoms with Crippen LogP contribution in [0.2, 0.25) is 0 Å². The molecule has 0 amide bonds. The van der Waals surface area contributed by atoms with E-state index in [1.807, 2.05) is 31.2 Å². The summed E-state index contributed by atoms with van der Waals surface area (Å²) in [5.41, 5.74) is 7.28. The van der Waals surface area contributed by atoms with Gasteiger partial charge in [0.1, 0.15) is 11.5 Å². The Morgan fingerprint density at radius 2 is 2.00 bits per heavy atom. The topological polar surface area (TPSA) is 72.5 Å². The number of benzene rings is 2. The first-order valence-corrected chi connectivity index (χ1v) is 5.43. The number of carboxylic acid groups (broad SMARTS) is 1. The molecule has 4 heteroatoms. The summed E-state index contributed by atoms with van der Waals surface area (Å²) in [5.74, 6) is 0.110. The molecule has 4 nitrogen and oxygen atoms in total. The molecule has 0 aliphatic rings. The van der Waals surface area contributed by atoms with Gasteiger partial charge in [-0.3, -0.25) is 0 Å². The van der Waals surface area contributed by atoms with E-state index in [-0.39, 0.29) is 5.56 Å². The maximum absolute atomic E-state index is 10.8. The number of carbonyl (C=O) groups is 1. The second-order valence-electron chi connectivity index (χ2n) is 3.98. The van der Waals surface area contributed by atoms with Crippen molar-refractivity contribution < 1.29 is 14.6 Å². The Labute approximate surface area is 105 Å². The Morgan fingerprint density at radius 3 is 2.61 bits per heavy atom. The van der Waals surface area contributed by atoms with Gasteiger partial charge in [0.05, 0.1) is 11.3 Å². The average molecular weight is 243 g/mol. The molecule has 18 heavy (non-hydrogen) atoms. The van der Waals surface area contributed by atoms with Crippen molar-refractivity contribution in [1.29, 1.82) is 0 Å². The molecule has 0 saturated carbocycles. The minimum absolute atomic E-state index is 0.143. The highest BCUT2D eigenvalue weighted by Crippen LogP contribution is 2.28. The molecule has 0 spiro atoms. The standard InChI is InChI=1S/C14H13NO3/c1-9-3-2-4-11(7-9)18-13-6-5-10(14(16)17)8-12(13)15/h2-8H,15H2,1H3,(H,16,17). The molecule has 0 aliphatic heterocycles. The van der Waals surface area contributed by atoms with Gasteiger partial charge in [0.25, 0.3) is 0 Å². The van der Waals surface area contributed by atoms with Crippen LogP contribution >= 0.6 is 0 Å². The predicted molar refractivity (Wildman–Crippen MR) is 69.1 cm³/mol. The summed E-state index contributed by atoms with van der Waals surface area (Å²) >= 11 is 0. The SMILES string of the molecule is Cc1cccc(Oc2ccc(C(=O)O)cc2N)c1. The second kappa shape index (κ2) is 4.79. The van der Waals surface area contributed by atoms with Crippen LogP contribution in [0.15, 0.2) is 42.5 Å². The molecule has 0 heterocycles. The fraction of sp³-hybridized carbons (Fsp3) is 0.0714. The fourth-order valence-electron chi connectivity index (χ4n) is 1.58. The Hall–Kier alpha value is -2.49. The molecule has 0 aromatic heterocycles. The van der Waals surface area contributed by atoms with Crippen LogP contribution in [0.25, 0.3) is 0 Å². The third-order valence-corrected chi connectivity index (χ3v) is 2.47. The predicted octanol–water partition coefficient (Wildman–Crippen LogP) is 3.07. The van der Waals surface area contributed by atoms with Gasteiger partial charge in [-0.25, -0.2) is 4.79 Å². The van der Waals surface area contributed by atoms with E-state index in [0.717, 1.165) is 5.56 Å². The Bertz CT molecular complexity index is 593. The van der Waals surface area contributed by atoms with Crippen molar-refractivity contribution in [2.24, 2.45) is 0 Å². The van der Waals surface area contributed by atoms with E-state index < -0.39 is 5.97 Å². The van der Waals surface area contributed by atoms with Crippen LogP contribution in [0, 0.1) is 6.92 Å². The number of aromatic carboxylic acids is 1. The molecule has 2 aromatic rings. The first kappa shape index (κ1) is 12.0. The van der Waals surface area contributed by atoms with Gasteiger partial charge in [-0.05, 0) is 42.8 Å². The lowest BCUT2D eigenvalue weighted by atomic mass is 10.2. The zero-order chi connectivity index (χ0) is 13.1. The van der Waals surface area contributed by atoms with Crippen LogP contribution in [0.3, 0.4) is 0 Å². The van der Waals surface area contributed by atoms with Crippen molar-refractivity contribution in [3.8, 4) is 11.5 Å². The molecule has 92 valence electrons. The van der Waals surface area contributed by atoms with Gasteiger partial charge in [0, 0.05) is 0 Å². The molecule has 0 fully saturated rings. The third-order valence-electron chi connectivity index (χ3n) is 2.47. The smallest absolute Gasteiger partial charge is 0.335 e. The van der Waals surface area contributed by atoms with E-state index in [0.29, 0.717) is 17.2 Å². The monoisotopic (exact) mass is 243 g/mol. The number of rotatable bonds is 3. The number of carboxylic acids is 1. The van der Waals surface area contributed by atoms with Crippen molar-refractivity contribution in [3.63, 3.8) is 0 Å². The van der Waals surface area contributed by atoms with Crippen molar-refractivity contribution in [3.05, 3.63) is 53.6 Å². The van der Waals surface area contributed by atoms with E-state index in [1.54, 1.807) is 6.07 Å². The summed E-state index contributed by atoms with van der Waals surface area (Å²) in [6.45, 7) is 1.96. The molecule has 2 rings (SSSR count). The first-order valence-electron chi connectivity index (χ1n) is 5.43. The lowest BCUT2D eigenvalue weighted by molar-refractivity contribution is 0.0697. The molecular weight excluding hydrogens is 230 g/mol. The van der Waals surface area contributed by atoms with E-state index in [4.69, 9.17) is 15.6 Å². The van der Waals surface area contributed by atoms with Gasteiger partial charge in [-0.1, -0.05) is 12.1 Å². The van der Waals surface area contributed by atoms with Gasteiger partial charge < -0.3 is 15.6 Å². The second-order valence-corrected chi connectivity index (χ2v) is 3.98. The zero-order valence-electron chi connectivity index (χ0n) is 9.88. The zero-order valence-corrected chi connectivity index (χ0v) is 9.88. The summed E-state index contributed by atoms with van der Waals surface area (Å²) in [7, 11) is 0. The molecule has 0 unspecified atom stereocenters. The number of hydrogen-bond acceptors (Lipinski definition) is 3. The summed E-state index contributed by atoms with van der Waals surface area (Å²) in [6, 6.07) is 11.9. The van der Waals surface area contributed by atoms with Crippen molar-refractivity contribution in [1.82, 2.24) is 0 Å². The first-order chi connectivity index (χ1) is 8.56. The van der Waals surface area contributed by atoms with Gasteiger partial charge in [0.15, 0.2) is 0 Å². The van der Waals surface area contributed by atoms with E-state index in [9.17, 15) is 4.79 Å². The molecule has 0 aliphatic carbocycles. The van der Waals surface area contributed by atoms with Crippen LogP contribution < -0.4 is 10.5 Å². The molecule has 3 N–H and O–H groups in total. The summed E-state index contributed by atoms with van der Waals surface area (Å²) in [6.07, 6.45) is 0. The summed E-state index contributed by atoms with van der Waals surface area (Å²) in [4.78, 5) is 10.8. The lowest BCUT2D eigenvalue weighted by Gasteiger charge is -2.09. The van der Waals surface area contributed by atoms with Crippen LogP contribution in [0.5, 0.6) is 11.5 Å². The van der Waals surface area contributed by atoms with E-state index in [2.05, 4.69) is 0 Å². The molecule has 0 bridgehead atoms. The van der Waals surface area contributed by atoms with Gasteiger partial charge in [-0.15, -0.1) is 0 Å². The molecule has 0 saturated heterocycles. The van der Waals surface area contributed by atoms with Crippen LogP contribution in [0.4, 0.5) is 5.69 Å². The highest BCUT2D eigenvalue weighted by Gasteiger charge is 2.07. The van der Waals surface area contributed by atoms with Crippen LogP contribution in [-0.4, -0.2) is 11.1 Å². The number of aryl methyl sites for hydroxylation is 1. The number of hydrogen-bond donors (Lipinski definition) is 2. The minimum atomic E-state index is -1.01. The number of anilines is 1. The quantitative estimate of drug-likeness (QED) is 0.812. The average Bonchev–Trinajstić information content (AvgIpc) is 2.31. The largest absolute Gasteiger partial charge is 0.478 e. The number of nitrogens with two attached hydrogens (primary N) is 1. The van der Waals surface area contributed by atoms with Crippen LogP contribution in [0.1, 0.15) is 15.9 Å². The molecule has 2 aromatic carbocycles. The van der Waals surface area contributed by atoms with E-state index in [1.165, 1.54) is 12.1 Å². The highest BCUT2D eigenvalue weighted by molar-refractivity contribution is 5.89. The van der Waals surface area contributed by atoms with Gasteiger partial charge >= 0.3 is 5.97 Å². The van der Waals surface area contributed by atoms with Crippen LogP contribution in [-0.2, 0) is 0 Å². The lowest BCUT2D eigenvalue weighted by Crippen LogP contribution is -1.99. The highest BCUT2D eigenvalue weighted by atomic mass is 16.5. The summed E-state index contributed by atoms with van der Waals surface area (Å²) < 4.78 is 5.61. The Kier molecular flexibility index (Phi) is 3.19. The van der Waals surface area contributed by atoms with Crippen molar-refractivity contribution in [2.75, 3.05) is 5.73 Å².